The van der Waals surface area contributed by atoms with Crippen molar-refractivity contribution in [2.24, 2.45) is 0 Å². The van der Waals surface area contributed by atoms with Gasteiger partial charge in [-0.15, -0.1) is 0 Å². The van der Waals surface area contributed by atoms with Gasteiger partial charge in [-0.25, -0.2) is 0 Å². The number of fused-ring (bicyclic) bond motifs is 1. The van der Waals surface area contributed by atoms with Gasteiger partial charge >= 0.3 is 5.97 Å². The first-order valence-electron chi connectivity index (χ1n) is 5.92. The Morgan fingerprint density at radius 2 is 2.16 bits per heavy atom. The molecule has 1 heterocycles. The topological polar surface area (TPSA) is 68.5 Å². The zero-order valence-corrected chi connectivity index (χ0v) is 10.8. The Hall–Kier alpha value is -2.30. The highest BCUT2D eigenvalue weighted by Gasteiger charge is 2.09. The van der Waals surface area contributed by atoms with Crippen LogP contribution in [0.25, 0.3) is 10.9 Å². The average molecular weight is 261 g/mol. The second-order valence-electron chi connectivity index (χ2n) is 4.36. The summed E-state index contributed by atoms with van der Waals surface area (Å²) in [5, 5.41) is 9.30. The van der Waals surface area contributed by atoms with Crippen molar-refractivity contribution >= 4 is 16.9 Å². The molecule has 2 aromatic rings. The van der Waals surface area contributed by atoms with Crippen molar-refractivity contribution in [1.29, 1.82) is 0 Å². The van der Waals surface area contributed by atoms with Crippen LogP contribution in [0.3, 0.4) is 0 Å². The van der Waals surface area contributed by atoms with E-state index in [9.17, 15) is 9.59 Å². The number of aryl methyl sites for hydroxylation is 2. The second kappa shape index (κ2) is 5.14. The lowest BCUT2D eigenvalue weighted by molar-refractivity contribution is -0.137. The number of aromatic nitrogens is 1. The van der Waals surface area contributed by atoms with Crippen LogP contribution in [0.15, 0.2) is 29.2 Å². The van der Waals surface area contributed by atoms with Crippen molar-refractivity contribution < 1.29 is 14.6 Å². The normalized spacial score (nSPS) is 10.6. The molecule has 100 valence electrons. The third-order valence-corrected chi connectivity index (χ3v) is 3.03. The summed E-state index contributed by atoms with van der Waals surface area (Å²) >= 11 is 0. The summed E-state index contributed by atoms with van der Waals surface area (Å²) in [6, 6.07) is 4.96. The minimum absolute atomic E-state index is 0.0173. The van der Waals surface area contributed by atoms with Crippen LogP contribution in [0.5, 0.6) is 5.75 Å². The first-order chi connectivity index (χ1) is 9.02. The van der Waals surface area contributed by atoms with Gasteiger partial charge in [0.1, 0.15) is 5.75 Å². The molecule has 2 rings (SSSR count). The number of rotatable bonds is 4. The van der Waals surface area contributed by atoms with Gasteiger partial charge in [0.15, 0.2) is 5.43 Å². The molecule has 1 N–H and O–H groups in total. The summed E-state index contributed by atoms with van der Waals surface area (Å²) in [5.74, 6) is -0.240. The molecule has 0 aliphatic heterocycles. The minimum Gasteiger partial charge on any atom is -0.497 e. The Morgan fingerprint density at radius 3 is 2.79 bits per heavy atom. The largest absolute Gasteiger partial charge is 0.497 e. The Morgan fingerprint density at radius 1 is 1.42 bits per heavy atom. The molecule has 5 heteroatoms. The van der Waals surface area contributed by atoms with E-state index in [-0.39, 0.29) is 11.8 Å². The van der Waals surface area contributed by atoms with Gasteiger partial charge in [0, 0.05) is 24.2 Å². The molecule has 0 saturated carbocycles. The van der Waals surface area contributed by atoms with Crippen LogP contribution in [-0.4, -0.2) is 22.8 Å². The molecule has 0 atom stereocenters. The highest BCUT2D eigenvalue weighted by atomic mass is 16.5. The van der Waals surface area contributed by atoms with E-state index in [0.717, 1.165) is 11.1 Å². The van der Waals surface area contributed by atoms with E-state index in [2.05, 4.69) is 0 Å². The number of hydrogen-bond donors (Lipinski definition) is 1. The zero-order chi connectivity index (χ0) is 14.0. The molecule has 1 aromatic carbocycles. The van der Waals surface area contributed by atoms with Gasteiger partial charge in [0.05, 0.1) is 19.0 Å². The van der Waals surface area contributed by atoms with Crippen LogP contribution in [-0.2, 0) is 11.3 Å². The SMILES string of the molecule is COc1cc(C)c2c(c1)c(=O)ccn2CCC(=O)O. The molecule has 0 spiro atoms. The molecular weight excluding hydrogens is 246 g/mol. The first kappa shape index (κ1) is 13.1. The van der Waals surface area contributed by atoms with Crippen molar-refractivity contribution in [1.82, 2.24) is 4.57 Å². The second-order valence-corrected chi connectivity index (χ2v) is 4.36. The Kier molecular flexibility index (Phi) is 3.55. The Labute approximate surface area is 110 Å². The number of benzene rings is 1. The van der Waals surface area contributed by atoms with E-state index in [0.29, 0.717) is 17.7 Å². The molecular formula is C14H15NO4. The van der Waals surface area contributed by atoms with Crippen molar-refractivity contribution in [2.75, 3.05) is 7.11 Å². The smallest absolute Gasteiger partial charge is 0.305 e. The molecule has 0 saturated heterocycles. The molecule has 0 aliphatic carbocycles. The highest BCUT2D eigenvalue weighted by Crippen LogP contribution is 2.22. The molecule has 0 amide bonds. The van der Waals surface area contributed by atoms with Crippen LogP contribution in [0.4, 0.5) is 0 Å². The number of ether oxygens (including phenoxy) is 1. The fraction of sp³-hybridized carbons (Fsp3) is 0.286. The lowest BCUT2D eigenvalue weighted by Crippen LogP contribution is -2.11. The maximum atomic E-state index is 11.9. The minimum atomic E-state index is -0.863. The number of pyridine rings is 1. The van der Waals surface area contributed by atoms with Gasteiger partial charge in [0.2, 0.25) is 0 Å². The maximum Gasteiger partial charge on any atom is 0.305 e. The van der Waals surface area contributed by atoms with E-state index >= 15 is 0 Å². The summed E-state index contributed by atoms with van der Waals surface area (Å²) in [4.78, 5) is 22.6. The van der Waals surface area contributed by atoms with Gasteiger partial charge in [-0.1, -0.05) is 0 Å². The van der Waals surface area contributed by atoms with E-state index in [1.165, 1.54) is 6.07 Å². The van der Waals surface area contributed by atoms with Crippen LogP contribution >= 0.6 is 0 Å². The number of methoxy groups -OCH3 is 1. The maximum absolute atomic E-state index is 11.9. The quantitative estimate of drug-likeness (QED) is 0.911. The van der Waals surface area contributed by atoms with E-state index in [1.807, 2.05) is 13.0 Å². The fourth-order valence-electron chi connectivity index (χ4n) is 2.16. The summed E-state index contributed by atoms with van der Waals surface area (Å²) in [6.07, 6.45) is 1.65. The predicted molar refractivity (Wildman–Crippen MR) is 71.7 cm³/mol. The Balaban J connectivity index is 2.64. The third-order valence-electron chi connectivity index (χ3n) is 3.03. The molecule has 0 unspecified atom stereocenters. The van der Waals surface area contributed by atoms with Gasteiger partial charge < -0.3 is 14.4 Å². The number of carboxylic acids is 1. The van der Waals surface area contributed by atoms with Crippen molar-refractivity contribution in [3.8, 4) is 5.75 Å². The molecule has 0 fully saturated rings. The predicted octanol–water partition coefficient (Wildman–Crippen LogP) is 1.79. The van der Waals surface area contributed by atoms with Crippen molar-refractivity contribution in [2.45, 2.75) is 19.9 Å². The monoisotopic (exact) mass is 261 g/mol. The first-order valence-corrected chi connectivity index (χ1v) is 5.92. The van der Waals surface area contributed by atoms with Gasteiger partial charge in [-0.2, -0.15) is 0 Å². The lowest BCUT2D eigenvalue weighted by Gasteiger charge is -2.13. The van der Waals surface area contributed by atoms with Crippen molar-refractivity contribution in [3.63, 3.8) is 0 Å². The number of carboxylic acid groups (broad SMARTS) is 1. The molecule has 1 aromatic heterocycles. The Bertz CT molecular complexity index is 688. The highest BCUT2D eigenvalue weighted by molar-refractivity contribution is 5.83. The summed E-state index contributed by atoms with van der Waals surface area (Å²) in [5.41, 5.74) is 1.55. The molecule has 5 nitrogen and oxygen atoms in total. The molecule has 0 aliphatic rings. The average Bonchev–Trinajstić information content (AvgIpc) is 2.38. The van der Waals surface area contributed by atoms with Gasteiger partial charge in [-0.3, -0.25) is 9.59 Å². The number of aliphatic carboxylic acids is 1. The number of hydrogen-bond acceptors (Lipinski definition) is 3. The lowest BCUT2D eigenvalue weighted by atomic mass is 10.1. The van der Waals surface area contributed by atoms with Crippen LogP contribution in [0.2, 0.25) is 0 Å². The van der Waals surface area contributed by atoms with E-state index in [4.69, 9.17) is 9.84 Å². The van der Waals surface area contributed by atoms with Crippen molar-refractivity contribution in [3.05, 3.63) is 40.2 Å². The number of nitrogens with zero attached hydrogens (tertiary/aromatic N) is 1. The molecule has 19 heavy (non-hydrogen) atoms. The van der Waals surface area contributed by atoms with E-state index in [1.54, 1.807) is 23.9 Å². The summed E-state index contributed by atoms with van der Waals surface area (Å²) < 4.78 is 6.95. The van der Waals surface area contributed by atoms with Gasteiger partial charge in [0.25, 0.3) is 0 Å². The van der Waals surface area contributed by atoms with Crippen LogP contribution in [0, 0.1) is 6.92 Å². The van der Waals surface area contributed by atoms with Crippen LogP contribution < -0.4 is 10.2 Å². The van der Waals surface area contributed by atoms with Crippen LogP contribution in [0.1, 0.15) is 12.0 Å². The molecule has 0 bridgehead atoms. The standard InChI is InChI=1S/C14H15NO4/c1-9-7-10(19-2)8-11-12(16)3-5-15(14(9)11)6-4-13(17)18/h3,5,7-8H,4,6H2,1-2H3,(H,17,18). The summed E-state index contributed by atoms with van der Waals surface area (Å²) in [7, 11) is 1.55. The van der Waals surface area contributed by atoms with Gasteiger partial charge in [-0.05, 0) is 24.6 Å². The number of carbonyl (C=O) groups is 1. The van der Waals surface area contributed by atoms with E-state index < -0.39 is 5.97 Å². The zero-order valence-electron chi connectivity index (χ0n) is 10.8. The molecule has 0 radical (unpaired) electrons. The summed E-state index contributed by atoms with van der Waals surface area (Å²) in [6.45, 7) is 2.21. The fourth-order valence-corrected chi connectivity index (χ4v) is 2.16. The third kappa shape index (κ3) is 2.59.